The Kier molecular flexibility index (Phi) is 17.8. The molecule has 0 aromatic carbocycles. The van der Waals surface area contributed by atoms with Crippen LogP contribution in [0.5, 0.6) is 0 Å². The average Bonchev–Trinajstić information content (AvgIpc) is 2.85. The first-order valence-corrected chi connectivity index (χ1v) is 14.1. The van der Waals surface area contributed by atoms with E-state index in [2.05, 4.69) is 19.2 Å². The summed E-state index contributed by atoms with van der Waals surface area (Å²) in [4.78, 5) is 36.7. The highest BCUT2D eigenvalue weighted by molar-refractivity contribution is 6.21. The Morgan fingerprint density at radius 3 is 1.94 bits per heavy atom. The molecule has 0 aromatic rings. The summed E-state index contributed by atoms with van der Waals surface area (Å²) in [5.74, 6) is -1.50. The number of nitrogens with one attached hydrogen (secondary N) is 1. The number of allylic oxidation sites excluding steroid dienone is 2. The van der Waals surface area contributed by atoms with Crippen molar-refractivity contribution < 1.29 is 24.2 Å². The third-order valence-electron chi connectivity index (χ3n) is 6.48. The third kappa shape index (κ3) is 14.1. The quantitative estimate of drug-likeness (QED) is 0.0959. The van der Waals surface area contributed by atoms with Crippen LogP contribution in [0.1, 0.15) is 129 Å². The summed E-state index contributed by atoms with van der Waals surface area (Å²) in [7, 11) is 0. The predicted octanol–water partition coefficient (Wildman–Crippen LogP) is 7.03. The number of carbonyl (C=O) groups excluding carboxylic acids is 3. The van der Waals surface area contributed by atoms with Crippen LogP contribution in [-0.2, 0) is 19.1 Å². The minimum Gasteiger partial charge on any atom is -0.504 e. The summed E-state index contributed by atoms with van der Waals surface area (Å²) >= 11 is 0. The molecule has 0 saturated carbocycles. The molecule has 0 aromatic heterocycles. The van der Waals surface area contributed by atoms with E-state index in [4.69, 9.17) is 4.74 Å². The van der Waals surface area contributed by atoms with Crippen molar-refractivity contribution in [1.29, 1.82) is 0 Å². The van der Waals surface area contributed by atoms with E-state index in [0.717, 1.165) is 51.0 Å². The van der Waals surface area contributed by atoms with Crippen molar-refractivity contribution in [2.24, 2.45) is 0 Å². The van der Waals surface area contributed by atoms with E-state index in [1.807, 2.05) is 0 Å². The van der Waals surface area contributed by atoms with Gasteiger partial charge in [-0.2, -0.15) is 0 Å². The number of hydrogen-bond donors (Lipinski definition) is 2. The number of ketones is 2. The number of carbonyl (C=O) groups is 3. The molecule has 1 aliphatic carbocycles. The number of hydrogen-bond acceptors (Lipinski definition) is 6. The molecule has 0 aliphatic heterocycles. The zero-order chi connectivity index (χ0) is 25.7. The highest BCUT2D eigenvalue weighted by atomic mass is 16.5. The maximum absolute atomic E-state index is 12.8. The summed E-state index contributed by atoms with van der Waals surface area (Å²) in [5.41, 5.74) is 0.418. The molecule has 0 radical (unpaired) electrons. The van der Waals surface area contributed by atoms with Gasteiger partial charge in [-0.1, -0.05) is 97.3 Å². The number of Topliss-reactive ketones (excluding diaryl/α,β-unsaturated/α-hetero) is 1. The molecular formula is C29H49NO5. The van der Waals surface area contributed by atoms with Gasteiger partial charge in [0.2, 0.25) is 11.6 Å². The zero-order valence-electron chi connectivity index (χ0n) is 22.3. The fraction of sp³-hybridized carbons (Fsp3) is 0.759. The molecule has 35 heavy (non-hydrogen) atoms. The highest BCUT2D eigenvalue weighted by Crippen LogP contribution is 2.22. The van der Waals surface area contributed by atoms with Crippen molar-refractivity contribution in [3.8, 4) is 0 Å². The van der Waals surface area contributed by atoms with Gasteiger partial charge in [0.15, 0.2) is 5.76 Å². The van der Waals surface area contributed by atoms with Crippen LogP contribution in [0.2, 0.25) is 0 Å². The Morgan fingerprint density at radius 2 is 1.34 bits per heavy atom. The largest absolute Gasteiger partial charge is 0.504 e. The Balaban J connectivity index is 2.22. The van der Waals surface area contributed by atoms with Crippen molar-refractivity contribution in [3.05, 3.63) is 23.1 Å². The standard InChI is InChI=1S/C29H49NO5/c1-3-5-7-9-10-11-12-13-14-15-16-19-24-28(33)25(23-26(31)29(24)34)30-21-18-20-27(32)35-22-17-8-6-4-2/h23,30,34H,3-22H2,1-2H3. The number of aliphatic hydroxyl groups excluding tert-OH is 1. The normalized spacial score (nSPS) is 13.8. The van der Waals surface area contributed by atoms with Crippen molar-refractivity contribution in [2.45, 2.75) is 129 Å². The molecule has 0 heterocycles. The first kappa shape index (κ1) is 30.9. The molecule has 1 rings (SSSR count). The summed E-state index contributed by atoms with van der Waals surface area (Å²) in [6.07, 6.45) is 19.8. The van der Waals surface area contributed by atoms with Crippen molar-refractivity contribution in [1.82, 2.24) is 5.32 Å². The van der Waals surface area contributed by atoms with Gasteiger partial charge in [-0.3, -0.25) is 14.4 Å². The molecule has 0 saturated heterocycles. The van der Waals surface area contributed by atoms with E-state index in [9.17, 15) is 19.5 Å². The summed E-state index contributed by atoms with van der Waals surface area (Å²) in [5, 5.41) is 13.1. The predicted molar refractivity (Wildman–Crippen MR) is 141 cm³/mol. The fourth-order valence-corrected chi connectivity index (χ4v) is 4.26. The van der Waals surface area contributed by atoms with E-state index < -0.39 is 11.5 Å². The van der Waals surface area contributed by atoms with Crippen LogP contribution in [0.25, 0.3) is 0 Å². The van der Waals surface area contributed by atoms with Gasteiger partial charge in [0.05, 0.1) is 12.3 Å². The molecule has 200 valence electrons. The first-order valence-electron chi connectivity index (χ1n) is 14.1. The van der Waals surface area contributed by atoms with Crippen LogP contribution in [0.3, 0.4) is 0 Å². The summed E-state index contributed by atoms with van der Waals surface area (Å²) in [6, 6.07) is 0. The van der Waals surface area contributed by atoms with E-state index >= 15 is 0 Å². The smallest absolute Gasteiger partial charge is 0.305 e. The molecule has 0 amide bonds. The summed E-state index contributed by atoms with van der Waals surface area (Å²) in [6.45, 7) is 5.22. The van der Waals surface area contributed by atoms with Crippen molar-refractivity contribution in [3.63, 3.8) is 0 Å². The van der Waals surface area contributed by atoms with Crippen LogP contribution >= 0.6 is 0 Å². The second-order valence-electron chi connectivity index (χ2n) is 9.68. The maximum atomic E-state index is 12.8. The van der Waals surface area contributed by atoms with Gasteiger partial charge < -0.3 is 15.2 Å². The highest BCUT2D eigenvalue weighted by Gasteiger charge is 2.27. The van der Waals surface area contributed by atoms with Crippen LogP contribution in [0.15, 0.2) is 23.1 Å². The van der Waals surface area contributed by atoms with Gasteiger partial charge >= 0.3 is 5.97 Å². The molecule has 6 nitrogen and oxygen atoms in total. The lowest BCUT2D eigenvalue weighted by molar-refractivity contribution is -0.143. The van der Waals surface area contributed by atoms with E-state index in [0.29, 0.717) is 26.0 Å². The van der Waals surface area contributed by atoms with Gasteiger partial charge in [0.1, 0.15) is 0 Å². The van der Waals surface area contributed by atoms with Crippen molar-refractivity contribution in [2.75, 3.05) is 13.2 Å². The van der Waals surface area contributed by atoms with Crippen LogP contribution in [-0.4, -0.2) is 35.8 Å². The van der Waals surface area contributed by atoms with E-state index in [1.165, 1.54) is 51.4 Å². The molecule has 1 aliphatic rings. The first-order chi connectivity index (χ1) is 17.0. The fourth-order valence-electron chi connectivity index (χ4n) is 4.26. The number of rotatable bonds is 22. The minimum absolute atomic E-state index is 0.207. The Labute approximate surface area is 213 Å². The number of esters is 1. The second-order valence-corrected chi connectivity index (χ2v) is 9.68. The van der Waals surface area contributed by atoms with Gasteiger partial charge in [0.25, 0.3) is 0 Å². The van der Waals surface area contributed by atoms with Gasteiger partial charge in [-0.05, 0) is 25.7 Å². The van der Waals surface area contributed by atoms with E-state index in [-0.39, 0.29) is 29.4 Å². The molecule has 0 unspecified atom stereocenters. The molecule has 0 spiro atoms. The lowest BCUT2D eigenvalue weighted by atomic mass is 9.93. The lowest BCUT2D eigenvalue weighted by Gasteiger charge is -2.17. The monoisotopic (exact) mass is 491 g/mol. The molecule has 0 bridgehead atoms. The Bertz CT molecular complexity index is 695. The number of ether oxygens (including phenoxy) is 1. The molecular weight excluding hydrogens is 442 g/mol. The van der Waals surface area contributed by atoms with Crippen LogP contribution in [0, 0.1) is 0 Å². The minimum atomic E-state index is -0.531. The topological polar surface area (TPSA) is 92.7 Å². The van der Waals surface area contributed by atoms with Gasteiger partial charge in [-0.25, -0.2) is 0 Å². The average molecular weight is 492 g/mol. The molecule has 0 fully saturated rings. The molecule has 6 heteroatoms. The van der Waals surface area contributed by atoms with E-state index in [1.54, 1.807) is 0 Å². The third-order valence-corrected chi connectivity index (χ3v) is 6.48. The molecule has 0 atom stereocenters. The second kappa shape index (κ2) is 20.1. The number of unbranched alkanes of at least 4 members (excludes halogenated alkanes) is 13. The zero-order valence-corrected chi connectivity index (χ0v) is 22.3. The number of aliphatic hydroxyl groups is 1. The van der Waals surface area contributed by atoms with Gasteiger partial charge in [-0.15, -0.1) is 0 Å². The lowest BCUT2D eigenvalue weighted by Crippen LogP contribution is -2.29. The van der Waals surface area contributed by atoms with Crippen LogP contribution < -0.4 is 5.32 Å². The maximum Gasteiger partial charge on any atom is 0.305 e. The Morgan fingerprint density at radius 1 is 0.800 bits per heavy atom. The van der Waals surface area contributed by atoms with Gasteiger partial charge in [0, 0.05) is 24.6 Å². The van der Waals surface area contributed by atoms with Crippen molar-refractivity contribution >= 4 is 17.5 Å². The van der Waals surface area contributed by atoms with Crippen LogP contribution in [0.4, 0.5) is 0 Å². The Hall–Kier alpha value is -2.11. The SMILES string of the molecule is CCCCCCCCCCCCCC1=C(O)C(=O)C=C(NCCCC(=O)OCCCCCC)C1=O. The summed E-state index contributed by atoms with van der Waals surface area (Å²) < 4.78 is 5.21. The molecule has 2 N–H and O–H groups in total.